The lowest BCUT2D eigenvalue weighted by atomic mass is 10.1. The summed E-state index contributed by atoms with van der Waals surface area (Å²) in [5.41, 5.74) is 1.26. The Balaban J connectivity index is 1.55. The lowest BCUT2D eigenvalue weighted by molar-refractivity contribution is -0.130. The fourth-order valence-corrected chi connectivity index (χ4v) is 2.29. The summed E-state index contributed by atoms with van der Waals surface area (Å²) < 4.78 is 11.2. The van der Waals surface area contributed by atoms with E-state index in [1.165, 1.54) is 5.57 Å². The monoisotopic (exact) mass is 274 g/mol. The summed E-state index contributed by atoms with van der Waals surface area (Å²) in [4.78, 5) is 12.1. The van der Waals surface area contributed by atoms with E-state index in [4.69, 9.17) is 9.47 Å². The van der Waals surface area contributed by atoms with Gasteiger partial charge in [-0.15, -0.1) is 0 Å². The van der Waals surface area contributed by atoms with Gasteiger partial charge < -0.3 is 20.1 Å². The Morgan fingerprint density at radius 3 is 3.00 bits per heavy atom. The third-order valence-corrected chi connectivity index (χ3v) is 3.45. The molecule has 0 aromatic heterocycles. The summed E-state index contributed by atoms with van der Waals surface area (Å²) >= 11 is 0. The molecule has 0 saturated carbocycles. The highest BCUT2D eigenvalue weighted by molar-refractivity contribution is 5.82. The van der Waals surface area contributed by atoms with Crippen LogP contribution in [0.4, 0.5) is 0 Å². The van der Waals surface area contributed by atoms with Crippen molar-refractivity contribution in [2.45, 2.75) is 12.5 Å². The summed E-state index contributed by atoms with van der Waals surface area (Å²) in [6, 6.07) is 7.39. The smallest absolute Gasteiger partial charge is 0.264 e. The summed E-state index contributed by atoms with van der Waals surface area (Å²) in [7, 11) is 0. The minimum Gasteiger partial charge on any atom is -0.485 e. The van der Waals surface area contributed by atoms with E-state index in [0.29, 0.717) is 18.0 Å². The van der Waals surface area contributed by atoms with E-state index >= 15 is 0 Å². The van der Waals surface area contributed by atoms with Crippen molar-refractivity contribution in [2.75, 3.05) is 26.2 Å². The molecule has 2 aliphatic heterocycles. The second kappa shape index (κ2) is 5.96. The molecule has 2 aliphatic rings. The molecular weight excluding hydrogens is 256 g/mol. The number of hydrogen-bond donors (Lipinski definition) is 2. The van der Waals surface area contributed by atoms with Crippen LogP contribution >= 0.6 is 0 Å². The molecule has 5 nitrogen and oxygen atoms in total. The Morgan fingerprint density at radius 2 is 2.20 bits per heavy atom. The maximum Gasteiger partial charge on any atom is 0.264 e. The zero-order valence-corrected chi connectivity index (χ0v) is 11.2. The quantitative estimate of drug-likeness (QED) is 0.803. The van der Waals surface area contributed by atoms with Crippen molar-refractivity contribution in [1.82, 2.24) is 10.6 Å². The molecule has 0 unspecified atom stereocenters. The average Bonchev–Trinajstić information content (AvgIpc) is 2.53. The summed E-state index contributed by atoms with van der Waals surface area (Å²) in [6.07, 6.45) is 2.52. The van der Waals surface area contributed by atoms with E-state index in [9.17, 15) is 4.79 Å². The minimum absolute atomic E-state index is 0.126. The predicted octanol–water partition coefficient (Wildman–Crippen LogP) is 0.862. The molecule has 1 amide bonds. The molecule has 5 heteroatoms. The summed E-state index contributed by atoms with van der Waals surface area (Å²) in [6.45, 7) is 2.69. The highest BCUT2D eigenvalue weighted by atomic mass is 16.6. The van der Waals surface area contributed by atoms with E-state index in [2.05, 4.69) is 16.7 Å². The molecule has 1 atom stereocenters. The van der Waals surface area contributed by atoms with Crippen LogP contribution in [0.15, 0.2) is 35.9 Å². The van der Waals surface area contributed by atoms with E-state index in [0.717, 1.165) is 19.5 Å². The number of hydrogen-bond acceptors (Lipinski definition) is 4. The van der Waals surface area contributed by atoms with Gasteiger partial charge in [0.15, 0.2) is 11.5 Å². The second-order valence-corrected chi connectivity index (χ2v) is 4.90. The van der Waals surface area contributed by atoms with Crippen molar-refractivity contribution in [3.05, 3.63) is 35.9 Å². The normalized spacial score (nSPS) is 21.0. The molecule has 0 fully saturated rings. The van der Waals surface area contributed by atoms with Crippen LogP contribution in [0.1, 0.15) is 6.42 Å². The minimum atomic E-state index is -0.577. The van der Waals surface area contributed by atoms with Crippen molar-refractivity contribution in [1.29, 1.82) is 0 Å². The van der Waals surface area contributed by atoms with Crippen molar-refractivity contribution >= 4 is 5.91 Å². The van der Waals surface area contributed by atoms with Gasteiger partial charge in [0.2, 0.25) is 6.10 Å². The number of benzene rings is 1. The van der Waals surface area contributed by atoms with Crippen molar-refractivity contribution < 1.29 is 14.3 Å². The van der Waals surface area contributed by atoms with Crippen LogP contribution in [-0.4, -0.2) is 38.3 Å². The van der Waals surface area contributed by atoms with Crippen LogP contribution in [0, 0.1) is 0 Å². The Bertz CT molecular complexity index is 528. The maximum absolute atomic E-state index is 12.1. The van der Waals surface area contributed by atoms with E-state index in [-0.39, 0.29) is 12.5 Å². The van der Waals surface area contributed by atoms with E-state index in [1.807, 2.05) is 24.3 Å². The molecule has 0 aliphatic carbocycles. The van der Waals surface area contributed by atoms with Crippen molar-refractivity contribution in [2.24, 2.45) is 0 Å². The third-order valence-electron chi connectivity index (χ3n) is 3.45. The van der Waals surface area contributed by atoms with Gasteiger partial charge in [-0.05, 0) is 25.1 Å². The van der Waals surface area contributed by atoms with Gasteiger partial charge >= 0.3 is 0 Å². The van der Waals surface area contributed by atoms with Gasteiger partial charge in [0.05, 0.1) is 0 Å². The average molecular weight is 274 g/mol. The first-order valence-electron chi connectivity index (χ1n) is 6.88. The number of rotatable bonds is 3. The van der Waals surface area contributed by atoms with Gasteiger partial charge in [0.25, 0.3) is 5.91 Å². The number of para-hydroxylation sites is 2. The van der Waals surface area contributed by atoms with Gasteiger partial charge in [-0.1, -0.05) is 23.8 Å². The van der Waals surface area contributed by atoms with Gasteiger partial charge in [-0.3, -0.25) is 4.79 Å². The maximum atomic E-state index is 12.1. The number of nitrogens with one attached hydrogen (secondary N) is 2. The van der Waals surface area contributed by atoms with Crippen LogP contribution < -0.4 is 20.1 Å². The number of amides is 1. The number of fused-ring (bicyclic) bond motifs is 1. The standard InChI is InChI=1S/C15H18N2O3/c18-15(17-9-11-5-7-16-8-6-11)14-10-19-12-3-1-2-4-13(12)20-14/h1-5,14,16H,6-10H2,(H,17,18)/t14-/m1/s1. The Hall–Kier alpha value is -2.01. The Morgan fingerprint density at radius 1 is 1.35 bits per heavy atom. The molecule has 0 saturated heterocycles. The molecule has 1 aromatic rings. The van der Waals surface area contributed by atoms with Crippen LogP contribution in [0.5, 0.6) is 11.5 Å². The fourth-order valence-electron chi connectivity index (χ4n) is 2.29. The van der Waals surface area contributed by atoms with Gasteiger partial charge in [-0.2, -0.15) is 0 Å². The highest BCUT2D eigenvalue weighted by Gasteiger charge is 2.27. The van der Waals surface area contributed by atoms with Crippen LogP contribution in [0.2, 0.25) is 0 Å². The predicted molar refractivity (Wildman–Crippen MR) is 74.9 cm³/mol. The molecular formula is C15H18N2O3. The SMILES string of the molecule is O=C(NCC1=CCNCC1)[C@H]1COc2ccccc2O1. The molecule has 0 bridgehead atoms. The fraction of sp³-hybridized carbons (Fsp3) is 0.400. The lowest BCUT2D eigenvalue weighted by Gasteiger charge is -2.26. The Kier molecular flexibility index (Phi) is 3.87. The molecule has 2 heterocycles. The van der Waals surface area contributed by atoms with E-state index < -0.39 is 6.10 Å². The largest absolute Gasteiger partial charge is 0.485 e. The van der Waals surface area contributed by atoms with Gasteiger partial charge in [0.1, 0.15) is 6.61 Å². The first-order valence-corrected chi connectivity index (χ1v) is 6.88. The lowest BCUT2D eigenvalue weighted by Crippen LogP contribution is -2.44. The topological polar surface area (TPSA) is 59.6 Å². The Labute approximate surface area is 118 Å². The summed E-state index contributed by atoms with van der Waals surface area (Å²) in [5, 5.41) is 6.16. The van der Waals surface area contributed by atoms with Crippen LogP contribution in [0.25, 0.3) is 0 Å². The molecule has 20 heavy (non-hydrogen) atoms. The molecule has 0 radical (unpaired) electrons. The number of carbonyl (C=O) groups excluding carboxylic acids is 1. The highest BCUT2D eigenvalue weighted by Crippen LogP contribution is 2.30. The van der Waals surface area contributed by atoms with Crippen LogP contribution in [-0.2, 0) is 4.79 Å². The molecule has 2 N–H and O–H groups in total. The molecule has 3 rings (SSSR count). The number of ether oxygens (including phenoxy) is 2. The molecule has 1 aromatic carbocycles. The van der Waals surface area contributed by atoms with Gasteiger partial charge in [-0.25, -0.2) is 0 Å². The van der Waals surface area contributed by atoms with E-state index in [1.54, 1.807) is 0 Å². The zero-order chi connectivity index (χ0) is 13.8. The van der Waals surface area contributed by atoms with Crippen LogP contribution in [0.3, 0.4) is 0 Å². The molecule has 106 valence electrons. The second-order valence-electron chi connectivity index (χ2n) is 4.90. The zero-order valence-electron chi connectivity index (χ0n) is 11.2. The van der Waals surface area contributed by atoms with Crippen molar-refractivity contribution in [3.8, 4) is 11.5 Å². The molecule has 0 spiro atoms. The first kappa shape index (κ1) is 13.0. The summed E-state index contributed by atoms with van der Waals surface area (Å²) in [5.74, 6) is 1.19. The first-order chi connectivity index (χ1) is 9.83. The third kappa shape index (κ3) is 2.93. The number of carbonyl (C=O) groups is 1. The van der Waals surface area contributed by atoms with Gasteiger partial charge in [0, 0.05) is 13.1 Å². The van der Waals surface area contributed by atoms with Crippen molar-refractivity contribution in [3.63, 3.8) is 0 Å².